The zero-order chi connectivity index (χ0) is 29.4. The zero-order valence-electron chi connectivity index (χ0n) is 25.4. The molecule has 1 aliphatic carbocycles. The largest absolute Gasteiger partial charge is 0.485 e. The Morgan fingerprint density at radius 1 is 1.05 bits per heavy atom. The molecule has 6 heteroatoms. The molecule has 0 bridgehead atoms. The number of methoxy groups -OCH3 is 1. The molecule has 0 radical (unpaired) electrons. The monoisotopic (exact) mass is 568 g/mol. The number of benzene rings is 2. The van der Waals surface area contributed by atoms with Crippen LogP contribution in [0.15, 0.2) is 54.7 Å². The maximum Gasteiger partial charge on any atom is 0.306 e. The van der Waals surface area contributed by atoms with Crippen molar-refractivity contribution in [1.82, 2.24) is 9.88 Å². The lowest BCUT2D eigenvalue weighted by atomic mass is 9.82. The summed E-state index contributed by atoms with van der Waals surface area (Å²) in [5, 5.41) is 9.78. The fourth-order valence-electron chi connectivity index (χ4n) is 7.30. The van der Waals surface area contributed by atoms with Gasteiger partial charge in [0.15, 0.2) is 0 Å². The maximum absolute atomic E-state index is 11.9. The van der Waals surface area contributed by atoms with Gasteiger partial charge in [-0.15, -0.1) is 0 Å². The van der Waals surface area contributed by atoms with Gasteiger partial charge in [-0.25, -0.2) is 4.98 Å². The van der Waals surface area contributed by atoms with Crippen molar-refractivity contribution in [2.24, 2.45) is 11.8 Å². The molecule has 3 aliphatic rings. The van der Waals surface area contributed by atoms with Gasteiger partial charge in [-0.2, -0.15) is 0 Å². The SMILES string of the molecule is COc1cc(-c2ccc([C@@H]3CCc4ccc([C@H](C5CC5)[C@H](C)C(=O)O)cc4O3)cc2CN2[C@H](C)CCC[C@H]2C)ccn1. The van der Waals surface area contributed by atoms with E-state index in [2.05, 4.69) is 66.2 Å². The lowest BCUT2D eigenvalue weighted by Gasteiger charge is -2.39. The Morgan fingerprint density at radius 2 is 1.83 bits per heavy atom. The molecule has 3 heterocycles. The van der Waals surface area contributed by atoms with Crippen molar-refractivity contribution in [3.05, 3.63) is 77.0 Å². The first kappa shape index (κ1) is 28.7. The molecule has 2 aliphatic heterocycles. The average molecular weight is 569 g/mol. The molecule has 6 rings (SSSR count). The summed E-state index contributed by atoms with van der Waals surface area (Å²) < 4.78 is 12.2. The highest BCUT2D eigenvalue weighted by Crippen LogP contribution is 2.48. The average Bonchev–Trinajstić information content (AvgIpc) is 3.84. The topological polar surface area (TPSA) is 71.9 Å². The number of aliphatic carboxylic acids is 1. The van der Waals surface area contributed by atoms with E-state index in [1.165, 1.54) is 41.5 Å². The fourth-order valence-corrected chi connectivity index (χ4v) is 7.30. The van der Waals surface area contributed by atoms with Gasteiger partial charge in [-0.05, 0) is 110 Å². The minimum absolute atomic E-state index is 0.0357. The number of rotatable bonds is 9. The van der Waals surface area contributed by atoms with Gasteiger partial charge in [0, 0.05) is 30.9 Å². The van der Waals surface area contributed by atoms with Gasteiger partial charge in [-0.1, -0.05) is 43.7 Å². The third-order valence-corrected chi connectivity index (χ3v) is 9.96. The molecule has 5 atom stereocenters. The molecule has 0 unspecified atom stereocenters. The molecule has 1 N–H and O–H groups in total. The maximum atomic E-state index is 11.9. The fraction of sp³-hybridized carbons (Fsp3) is 0.500. The summed E-state index contributed by atoms with van der Waals surface area (Å²) in [6, 6.07) is 18.4. The van der Waals surface area contributed by atoms with Crippen LogP contribution >= 0.6 is 0 Å². The molecule has 1 aromatic heterocycles. The van der Waals surface area contributed by atoms with Gasteiger partial charge in [0.25, 0.3) is 0 Å². The number of carboxylic acids is 1. The van der Waals surface area contributed by atoms with Crippen LogP contribution in [0.2, 0.25) is 0 Å². The highest BCUT2D eigenvalue weighted by atomic mass is 16.5. The molecule has 3 aromatic rings. The minimum Gasteiger partial charge on any atom is -0.485 e. The van der Waals surface area contributed by atoms with Crippen LogP contribution in [0.3, 0.4) is 0 Å². The summed E-state index contributed by atoms with van der Waals surface area (Å²) in [7, 11) is 1.66. The van der Waals surface area contributed by atoms with E-state index in [9.17, 15) is 9.90 Å². The third-order valence-electron chi connectivity index (χ3n) is 9.96. The van der Waals surface area contributed by atoms with Crippen LogP contribution in [-0.4, -0.2) is 40.2 Å². The number of ether oxygens (including phenoxy) is 2. The summed E-state index contributed by atoms with van der Waals surface area (Å²) in [4.78, 5) is 18.9. The summed E-state index contributed by atoms with van der Waals surface area (Å²) in [5.41, 5.74) is 7.12. The minimum atomic E-state index is -0.722. The van der Waals surface area contributed by atoms with Crippen molar-refractivity contribution >= 4 is 5.97 Å². The van der Waals surface area contributed by atoms with Crippen molar-refractivity contribution in [3.8, 4) is 22.8 Å². The molecule has 0 spiro atoms. The molecule has 2 aromatic carbocycles. The smallest absolute Gasteiger partial charge is 0.306 e. The van der Waals surface area contributed by atoms with Gasteiger partial charge in [-0.3, -0.25) is 9.69 Å². The van der Waals surface area contributed by atoms with E-state index < -0.39 is 11.9 Å². The van der Waals surface area contributed by atoms with Gasteiger partial charge in [0.1, 0.15) is 11.9 Å². The predicted molar refractivity (Wildman–Crippen MR) is 165 cm³/mol. The number of carbonyl (C=O) groups is 1. The van der Waals surface area contributed by atoms with Crippen molar-refractivity contribution in [3.63, 3.8) is 0 Å². The molecule has 0 amide bonds. The van der Waals surface area contributed by atoms with E-state index in [-0.39, 0.29) is 12.0 Å². The highest BCUT2D eigenvalue weighted by Gasteiger charge is 2.39. The Hall–Kier alpha value is -3.38. The van der Waals surface area contributed by atoms with Crippen LogP contribution in [0.5, 0.6) is 11.6 Å². The summed E-state index contributed by atoms with van der Waals surface area (Å²) in [6.45, 7) is 7.45. The standard InChI is InChI=1S/C36H44N2O4/c1-22-6-5-7-23(2)38(22)21-30-18-28(12-14-31(30)27-16-17-37-34(20-27)41-4)32-15-13-25-8-11-29(19-33(25)42-32)35(26-9-10-26)24(3)36(39)40/h8,11-12,14,16-20,22-24,26,32,35H,5-7,9-10,13,15,21H2,1-4H3,(H,39,40)/t22-,23-,24+,32+,35+/m1/s1. The number of hydrogen-bond donors (Lipinski definition) is 1. The number of likely N-dealkylation sites (tertiary alicyclic amines) is 1. The Morgan fingerprint density at radius 3 is 2.55 bits per heavy atom. The van der Waals surface area contributed by atoms with Crippen molar-refractivity contribution in [2.75, 3.05) is 7.11 Å². The third kappa shape index (κ3) is 5.92. The van der Waals surface area contributed by atoms with E-state index in [1.54, 1.807) is 7.11 Å². The van der Waals surface area contributed by atoms with Gasteiger partial charge in [0.2, 0.25) is 5.88 Å². The van der Waals surface area contributed by atoms with Crippen LogP contribution < -0.4 is 9.47 Å². The van der Waals surface area contributed by atoms with Crippen LogP contribution in [-0.2, 0) is 17.8 Å². The Bertz CT molecular complexity index is 1420. The second kappa shape index (κ2) is 12.1. The molecule has 2 fully saturated rings. The molecular weight excluding hydrogens is 524 g/mol. The number of piperidine rings is 1. The second-order valence-corrected chi connectivity index (χ2v) is 12.8. The van der Waals surface area contributed by atoms with Crippen molar-refractivity contribution < 1.29 is 19.4 Å². The quantitative estimate of drug-likeness (QED) is 0.284. The number of hydrogen-bond acceptors (Lipinski definition) is 5. The first-order chi connectivity index (χ1) is 20.3. The van der Waals surface area contributed by atoms with E-state index in [0.717, 1.165) is 49.1 Å². The second-order valence-electron chi connectivity index (χ2n) is 12.8. The number of fused-ring (bicyclic) bond motifs is 1. The van der Waals surface area contributed by atoms with E-state index in [1.807, 2.05) is 19.2 Å². The number of pyridine rings is 1. The van der Waals surface area contributed by atoms with Gasteiger partial charge >= 0.3 is 5.97 Å². The normalized spacial score (nSPS) is 23.9. The van der Waals surface area contributed by atoms with Crippen LogP contribution in [0.1, 0.15) is 93.6 Å². The number of aromatic nitrogens is 1. The van der Waals surface area contributed by atoms with Crippen molar-refractivity contribution in [1.29, 1.82) is 0 Å². The zero-order valence-corrected chi connectivity index (χ0v) is 25.4. The number of carboxylic acid groups (broad SMARTS) is 1. The summed E-state index contributed by atoms with van der Waals surface area (Å²) in [6.07, 6.45) is 9.61. The molecule has 42 heavy (non-hydrogen) atoms. The van der Waals surface area contributed by atoms with Crippen molar-refractivity contribution in [2.45, 2.75) is 96.4 Å². The lowest BCUT2D eigenvalue weighted by Crippen LogP contribution is -2.43. The summed E-state index contributed by atoms with van der Waals surface area (Å²) in [5.74, 6) is 0.891. The molecular formula is C36H44N2O4. The van der Waals surface area contributed by atoms with Crippen LogP contribution in [0.4, 0.5) is 0 Å². The lowest BCUT2D eigenvalue weighted by molar-refractivity contribution is -0.142. The first-order valence-electron chi connectivity index (χ1n) is 15.7. The van der Waals surface area contributed by atoms with Crippen LogP contribution in [0.25, 0.3) is 11.1 Å². The van der Waals surface area contributed by atoms with Gasteiger partial charge in [0.05, 0.1) is 13.0 Å². The Kier molecular flexibility index (Phi) is 8.26. The van der Waals surface area contributed by atoms with E-state index >= 15 is 0 Å². The van der Waals surface area contributed by atoms with Crippen LogP contribution in [0, 0.1) is 11.8 Å². The summed E-state index contributed by atoms with van der Waals surface area (Å²) >= 11 is 0. The highest BCUT2D eigenvalue weighted by molar-refractivity contribution is 5.71. The van der Waals surface area contributed by atoms with E-state index in [4.69, 9.17) is 9.47 Å². The predicted octanol–water partition coefficient (Wildman–Crippen LogP) is 7.80. The van der Waals surface area contributed by atoms with E-state index in [0.29, 0.717) is 23.9 Å². The molecule has 1 saturated heterocycles. The molecule has 1 saturated carbocycles. The first-order valence-corrected chi connectivity index (χ1v) is 15.7. The number of aryl methyl sites for hydroxylation is 1. The number of nitrogens with zero attached hydrogens (tertiary/aromatic N) is 2. The Balaban J connectivity index is 1.32. The Labute approximate surface area is 250 Å². The molecule has 6 nitrogen and oxygen atoms in total. The molecule has 222 valence electrons. The van der Waals surface area contributed by atoms with Gasteiger partial charge < -0.3 is 14.6 Å².